The molecular formula is C16H26O14. The van der Waals surface area contributed by atoms with Crippen molar-refractivity contribution in [3.63, 3.8) is 0 Å². The Bertz CT molecular complexity index is 532. The van der Waals surface area contributed by atoms with Crippen LogP contribution in [0.4, 0.5) is 0 Å². The Labute approximate surface area is 169 Å². The molecular weight excluding hydrogens is 416 g/mol. The van der Waals surface area contributed by atoms with Crippen LogP contribution >= 0.6 is 0 Å². The first-order valence-electron chi connectivity index (χ1n) is 9.01. The number of hydrogen-bond acceptors (Lipinski definition) is 14. The molecule has 0 spiro atoms. The van der Waals surface area contributed by atoms with Gasteiger partial charge in [-0.2, -0.15) is 0 Å². The molecule has 2 aliphatic heterocycles. The van der Waals surface area contributed by atoms with Gasteiger partial charge < -0.3 is 64.6 Å². The van der Waals surface area contributed by atoms with E-state index in [4.69, 9.17) is 18.9 Å². The van der Waals surface area contributed by atoms with E-state index in [1.54, 1.807) is 0 Å². The van der Waals surface area contributed by atoms with Crippen molar-refractivity contribution >= 4 is 12.6 Å². The first kappa shape index (κ1) is 25.1. The molecule has 0 aliphatic carbocycles. The average Bonchev–Trinajstić information content (AvgIpc) is 2.74. The second-order valence-corrected chi connectivity index (χ2v) is 6.93. The van der Waals surface area contributed by atoms with Crippen molar-refractivity contribution in [1.82, 2.24) is 0 Å². The molecule has 0 radical (unpaired) electrons. The Kier molecular flexibility index (Phi) is 8.75. The third-order valence-corrected chi connectivity index (χ3v) is 4.88. The number of aliphatic hydroxyl groups excluding tert-OH is 8. The number of carbonyl (C=O) groups is 2. The lowest BCUT2D eigenvalue weighted by Gasteiger charge is -2.45. The minimum Gasteiger partial charge on any atom is -0.394 e. The van der Waals surface area contributed by atoms with E-state index in [-0.39, 0.29) is 12.6 Å². The molecule has 8 N–H and O–H groups in total. The number of carbonyl (C=O) groups excluding carboxylic acids is 2. The Morgan fingerprint density at radius 1 is 0.700 bits per heavy atom. The minimum absolute atomic E-state index is 0.0374. The zero-order chi connectivity index (χ0) is 22.6. The molecule has 0 amide bonds. The van der Waals surface area contributed by atoms with E-state index in [1.807, 2.05) is 0 Å². The van der Waals surface area contributed by atoms with E-state index in [9.17, 15) is 50.4 Å². The summed E-state index contributed by atoms with van der Waals surface area (Å²) in [5, 5.41) is 77.9. The van der Waals surface area contributed by atoms with E-state index in [0.29, 0.717) is 0 Å². The van der Waals surface area contributed by atoms with Crippen LogP contribution in [0.2, 0.25) is 0 Å². The van der Waals surface area contributed by atoms with Gasteiger partial charge >= 0.3 is 0 Å². The fourth-order valence-corrected chi connectivity index (χ4v) is 3.07. The number of aliphatic hydroxyl groups is 8. The lowest BCUT2D eigenvalue weighted by molar-refractivity contribution is -0.397. The van der Waals surface area contributed by atoms with Gasteiger partial charge in [-0.05, 0) is 0 Å². The van der Waals surface area contributed by atoms with Crippen LogP contribution in [0.25, 0.3) is 0 Å². The van der Waals surface area contributed by atoms with Crippen molar-refractivity contribution in [2.75, 3.05) is 13.2 Å². The molecule has 2 rings (SSSR count). The van der Waals surface area contributed by atoms with Gasteiger partial charge in [-0.15, -0.1) is 0 Å². The summed E-state index contributed by atoms with van der Waals surface area (Å²) in [6.07, 6.45) is -18.2. The van der Waals surface area contributed by atoms with Crippen LogP contribution in [0, 0.1) is 0 Å². The van der Waals surface area contributed by atoms with Crippen molar-refractivity contribution < 1.29 is 69.4 Å². The first-order chi connectivity index (χ1) is 14.1. The van der Waals surface area contributed by atoms with Crippen LogP contribution in [0.3, 0.4) is 0 Å². The van der Waals surface area contributed by atoms with Gasteiger partial charge in [0.15, 0.2) is 18.9 Å². The molecule has 2 unspecified atom stereocenters. The maximum Gasteiger partial charge on any atom is 0.237 e. The van der Waals surface area contributed by atoms with Crippen LogP contribution in [-0.4, -0.2) is 134 Å². The van der Waals surface area contributed by atoms with Gasteiger partial charge in [0, 0.05) is 0 Å². The fraction of sp³-hybridized carbons (Fsp3) is 0.875. The molecule has 2 fully saturated rings. The summed E-state index contributed by atoms with van der Waals surface area (Å²) in [7, 11) is 0. The van der Waals surface area contributed by atoms with Crippen molar-refractivity contribution in [1.29, 1.82) is 0 Å². The summed E-state index contributed by atoms with van der Waals surface area (Å²) in [4.78, 5) is 22.9. The topological polar surface area (TPSA) is 233 Å². The molecule has 2 heterocycles. The lowest BCUT2D eigenvalue weighted by Crippen LogP contribution is -2.64. The van der Waals surface area contributed by atoms with Crippen molar-refractivity contribution in [2.24, 2.45) is 0 Å². The maximum atomic E-state index is 11.8. The van der Waals surface area contributed by atoms with Crippen molar-refractivity contribution in [3.05, 3.63) is 0 Å². The van der Waals surface area contributed by atoms with E-state index in [1.165, 1.54) is 0 Å². The fourth-order valence-electron chi connectivity index (χ4n) is 3.07. The van der Waals surface area contributed by atoms with Gasteiger partial charge in [0.2, 0.25) is 5.79 Å². The summed E-state index contributed by atoms with van der Waals surface area (Å²) >= 11 is 0. The highest BCUT2D eigenvalue weighted by atomic mass is 16.8. The molecule has 0 aromatic rings. The molecule has 2 aliphatic rings. The molecule has 0 aromatic carbocycles. The van der Waals surface area contributed by atoms with Gasteiger partial charge in [0.25, 0.3) is 0 Å². The molecule has 14 heteroatoms. The van der Waals surface area contributed by atoms with Gasteiger partial charge in [0.1, 0.15) is 55.1 Å². The van der Waals surface area contributed by atoms with Gasteiger partial charge in [-0.1, -0.05) is 0 Å². The third kappa shape index (κ3) is 5.01. The Hall–Kier alpha value is -1.14. The molecule has 0 saturated carbocycles. The maximum absolute atomic E-state index is 11.8. The summed E-state index contributed by atoms with van der Waals surface area (Å²) < 4.78 is 20.7. The largest absolute Gasteiger partial charge is 0.394 e. The zero-order valence-electron chi connectivity index (χ0n) is 15.6. The highest BCUT2D eigenvalue weighted by Crippen LogP contribution is 2.31. The van der Waals surface area contributed by atoms with Crippen LogP contribution in [-0.2, 0) is 28.5 Å². The Morgan fingerprint density at radius 3 is 1.40 bits per heavy atom. The van der Waals surface area contributed by atoms with Crippen molar-refractivity contribution in [2.45, 2.75) is 73.6 Å². The average molecular weight is 442 g/mol. The van der Waals surface area contributed by atoms with Crippen LogP contribution in [0.5, 0.6) is 0 Å². The smallest absolute Gasteiger partial charge is 0.237 e. The normalized spacial score (nSPS) is 44.3. The van der Waals surface area contributed by atoms with E-state index < -0.39 is 86.8 Å². The zero-order valence-corrected chi connectivity index (χ0v) is 15.6. The van der Waals surface area contributed by atoms with Gasteiger partial charge in [-0.3, -0.25) is 4.79 Å². The quantitative estimate of drug-likeness (QED) is 0.123. The molecule has 30 heavy (non-hydrogen) atoms. The van der Waals surface area contributed by atoms with E-state index >= 15 is 0 Å². The lowest BCUT2D eigenvalue weighted by atomic mass is 9.99. The number of ether oxygens (including phenoxy) is 4. The SMILES string of the molecule is O=CCC(C=O)(OC1O[C@H](CO)[C@@H](O)[C@H](O)[C@H]1O)OC1O[C@H](CO)[C@@H](O)[C@H](O)[C@H]1O. The molecule has 0 bridgehead atoms. The summed E-state index contributed by atoms with van der Waals surface area (Å²) in [6.45, 7) is -1.58. The minimum atomic E-state index is -2.58. The van der Waals surface area contributed by atoms with E-state index in [2.05, 4.69) is 0 Å². The Morgan fingerprint density at radius 2 is 1.10 bits per heavy atom. The second-order valence-electron chi connectivity index (χ2n) is 6.93. The van der Waals surface area contributed by atoms with Gasteiger partial charge in [-0.25, -0.2) is 0 Å². The first-order valence-corrected chi connectivity index (χ1v) is 9.01. The summed E-state index contributed by atoms with van der Waals surface area (Å²) in [5.74, 6) is -2.58. The second kappa shape index (κ2) is 10.4. The standard InChI is InChI=1S/C16H26O14/c17-2-1-16(5-20,29-14-12(25)10(23)8(21)6(3-18)27-14)30-15-13(26)11(24)9(22)7(4-19)28-15/h2,5-15,18-19,21-26H,1,3-4H2/t6-,7-,8-,9-,10+,11+,12-,13-,14?,15?,16?/m1/s1. The summed E-state index contributed by atoms with van der Waals surface area (Å²) in [6, 6.07) is 0. The number of aldehydes is 2. The highest BCUT2D eigenvalue weighted by Gasteiger charge is 2.51. The predicted molar refractivity (Wildman–Crippen MR) is 89.2 cm³/mol. The van der Waals surface area contributed by atoms with E-state index in [0.717, 1.165) is 0 Å². The molecule has 174 valence electrons. The van der Waals surface area contributed by atoms with Crippen molar-refractivity contribution in [3.8, 4) is 0 Å². The highest BCUT2D eigenvalue weighted by molar-refractivity contribution is 5.67. The third-order valence-electron chi connectivity index (χ3n) is 4.88. The van der Waals surface area contributed by atoms with Crippen LogP contribution < -0.4 is 0 Å². The summed E-state index contributed by atoms with van der Waals surface area (Å²) in [5.41, 5.74) is 0. The number of hydrogen-bond donors (Lipinski definition) is 8. The molecule has 2 saturated heterocycles. The van der Waals surface area contributed by atoms with Crippen LogP contribution in [0.1, 0.15) is 6.42 Å². The molecule has 14 nitrogen and oxygen atoms in total. The number of rotatable bonds is 9. The monoisotopic (exact) mass is 442 g/mol. The van der Waals surface area contributed by atoms with Crippen LogP contribution in [0.15, 0.2) is 0 Å². The predicted octanol–water partition coefficient (Wildman–Crippen LogP) is -5.90. The molecule has 10 atom stereocenters. The molecule has 0 aromatic heterocycles. The van der Waals surface area contributed by atoms with Gasteiger partial charge in [0.05, 0.1) is 19.6 Å². The Balaban J connectivity index is 2.25.